The maximum atomic E-state index is 6.01. The second kappa shape index (κ2) is 6.31. The number of hydrogen-bond donors (Lipinski definition) is 0. The molecule has 0 aliphatic heterocycles. The Labute approximate surface area is 146 Å². The lowest BCUT2D eigenvalue weighted by atomic mass is 10.3. The van der Waals surface area contributed by atoms with Crippen LogP contribution in [0.25, 0.3) is 15.9 Å². The van der Waals surface area contributed by atoms with E-state index in [2.05, 4.69) is 21.4 Å². The molecule has 0 atom stereocenters. The van der Waals surface area contributed by atoms with Crippen LogP contribution in [0.2, 0.25) is 5.02 Å². The first-order valence-electron chi connectivity index (χ1n) is 6.93. The SMILES string of the molecule is Clc1cccc(-n2cc(CSc3nc4ccccc4s3)nn2)c1. The van der Waals surface area contributed by atoms with Crippen molar-refractivity contribution in [2.45, 2.75) is 10.1 Å². The van der Waals surface area contributed by atoms with E-state index in [-0.39, 0.29) is 0 Å². The van der Waals surface area contributed by atoms with Crippen LogP contribution in [0.5, 0.6) is 0 Å². The van der Waals surface area contributed by atoms with Crippen molar-refractivity contribution in [3.63, 3.8) is 0 Å². The first kappa shape index (κ1) is 14.7. The Kier molecular flexibility index (Phi) is 4.03. The molecule has 2 heterocycles. The van der Waals surface area contributed by atoms with E-state index in [4.69, 9.17) is 11.6 Å². The van der Waals surface area contributed by atoms with Gasteiger partial charge in [-0.2, -0.15) is 0 Å². The number of nitrogens with zero attached hydrogens (tertiary/aromatic N) is 4. The van der Waals surface area contributed by atoms with Crippen molar-refractivity contribution in [3.05, 3.63) is 65.4 Å². The predicted octanol–water partition coefficient (Wildman–Crippen LogP) is 4.82. The molecular weight excluding hydrogens is 348 g/mol. The number of rotatable bonds is 4. The van der Waals surface area contributed by atoms with Gasteiger partial charge in [-0.3, -0.25) is 0 Å². The highest BCUT2D eigenvalue weighted by Crippen LogP contribution is 2.31. The number of thiazole rings is 1. The van der Waals surface area contributed by atoms with Gasteiger partial charge >= 0.3 is 0 Å². The smallest absolute Gasteiger partial charge is 0.151 e. The molecule has 2 aromatic carbocycles. The van der Waals surface area contributed by atoms with E-state index in [0.29, 0.717) is 5.02 Å². The molecule has 0 radical (unpaired) electrons. The van der Waals surface area contributed by atoms with Crippen LogP contribution in [0.1, 0.15) is 5.69 Å². The summed E-state index contributed by atoms with van der Waals surface area (Å²) in [5.41, 5.74) is 2.86. The van der Waals surface area contributed by atoms with E-state index in [9.17, 15) is 0 Å². The van der Waals surface area contributed by atoms with Crippen molar-refractivity contribution in [2.24, 2.45) is 0 Å². The quantitative estimate of drug-likeness (QED) is 0.490. The van der Waals surface area contributed by atoms with Gasteiger partial charge in [0.2, 0.25) is 0 Å². The lowest BCUT2D eigenvalue weighted by Gasteiger charge is -1.99. The summed E-state index contributed by atoms with van der Waals surface area (Å²) >= 11 is 9.39. The van der Waals surface area contributed by atoms with Crippen LogP contribution in [-0.4, -0.2) is 20.0 Å². The zero-order valence-electron chi connectivity index (χ0n) is 11.9. The van der Waals surface area contributed by atoms with Gasteiger partial charge in [0.05, 0.1) is 27.8 Å². The van der Waals surface area contributed by atoms with E-state index in [1.807, 2.05) is 48.7 Å². The number of para-hydroxylation sites is 1. The highest BCUT2D eigenvalue weighted by Gasteiger charge is 2.07. The van der Waals surface area contributed by atoms with Crippen LogP contribution >= 0.6 is 34.7 Å². The Morgan fingerprint density at radius 1 is 1.13 bits per heavy atom. The number of fused-ring (bicyclic) bond motifs is 1. The van der Waals surface area contributed by atoms with Crippen LogP contribution in [-0.2, 0) is 5.75 Å². The summed E-state index contributed by atoms with van der Waals surface area (Å²) in [4.78, 5) is 4.61. The standard InChI is InChI=1S/C16H11ClN4S2/c17-11-4-3-5-13(8-11)21-9-12(19-20-21)10-22-16-18-14-6-1-2-7-15(14)23-16/h1-9H,10H2. The lowest BCUT2D eigenvalue weighted by Crippen LogP contribution is -1.93. The van der Waals surface area contributed by atoms with E-state index < -0.39 is 0 Å². The van der Waals surface area contributed by atoms with Crippen molar-refractivity contribution in [1.29, 1.82) is 0 Å². The number of thioether (sulfide) groups is 1. The predicted molar refractivity (Wildman–Crippen MR) is 95.6 cm³/mol. The molecule has 0 unspecified atom stereocenters. The van der Waals surface area contributed by atoms with Crippen molar-refractivity contribution in [2.75, 3.05) is 0 Å². The second-order valence-electron chi connectivity index (χ2n) is 4.87. The molecule has 4 rings (SSSR count). The minimum Gasteiger partial charge on any atom is -0.230 e. The van der Waals surface area contributed by atoms with Gasteiger partial charge in [0.15, 0.2) is 4.34 Å². The van der Waals surface area contributed by atoms with Crippen molar-refractivity contribution in [3.8, 4) is 5.69 Å². The average Bonchev–Trinajstić information content (AvgIpc) is 3.19. The number of halogens is 1. The molecule has 0 amide bonds. The fourth-order valence-electron chi connectivity index (χ4n) is 2.16. The maximum absolute atomic E-state index is 6.01. The van der Waals surface area contributed by atoms with Gasteiger partial charge in [-0.05, 0) is 30.3 Å². The Balaban J connectivity index is 1.49. The van der Waals surface area contributed by atoms with Crippen LogP contribution < -0.4 is 0 Å². The molecule has 0 saturated heterocycles. The topological polar surface area (TPSA) is 43.6 Å². The van der Waals surface area contributed by atoms with Crippen LogP contribution in [0, 0.1) is 0 Å². The molecule has 0 saturated carbocycles. The van der Waals surface area contributed by atoms with E-state index in [0.717, 1.165) is 27.0 Å². The monoisotopic (exact) mass is 358 g/mol. The fourth-order valence-corrected chi connectivity index (χ4v) is 4.29. The van der Waals surface area contributed by atoms with Crippen molar-refractivity contribution in [1.82, 2.24) is 20.0 Å². The van der Waals surface area contributed by atoms with Gasteiger partial charge in [-0.1, -0.05) is 46.8 Å². The average molecular weight is 359 g/mol. The summed E-state index contributed by atoms with van der Waals surface area (Å²) < 4.78 is 3.99. The van der Waals surface area contributed by atoms with E-state index >= 15 is 0 Å². The molecule has 4 aromatic rings. The zero-order chi connectivity index (χ0) is 15.6. The number of aromatic nitrogens is 4. The van der Waals surface area contributed by atoms with Gasteiger partial charge in [-0.15, -0.1) is 16.4 Å². The molecule has 0 bridgehead atoms. The number of hydrogen-bond acceptors (Lipinski definition) is 5. The molecular formula is C16H11ClN4S2. The molecule has 0 N–H and O–H groups in total. The molecule has 7 heteroatoms. The molecule has 0 spiro atoms. The minimum atomic E-state index is 0.684. The van der Waals surface area contributed by atoms with Gasteiger partial charge < -0.3 is 0 Å². The van der Waals surface area contributed by atoms with Crippen LogP contribution in [0.4, 0.5) is 0 Å². The summed E-state index contributed by atoms with van der Waals surface area (Å²) in [7, 11) is 0. The third kappa shape index (κ3) is 3.24. The van der Waals surface area contributed by atoms with Crippen molar-refractivity contribution < 1.29 is 0 Å². The maximum Gasteiger partial charge on any atom is 0.151 e. The molecule has 0 aliphatic carbocycles. The normalized spacial score (nSPS) is 11.2. The summed E-state index contributed by atoms with van der Waals surface area (Å²) in [5.74, 6) is 0.736. The molecule has 0 aliphatic rings. The molecule has 114 valence electrons. The minimum absolute atomic E-state index is 0.684. The van der Waals surface area contributed by atoms with Crippen LogP contribution in [0.3, 0.4) is 0 Å². The highest BCUT2D eigenvalue weighted by molar-refractivity contribution is 8.00. The van der Waals surface area contributed by atoms with E-state index in [1.165, 1.54) is 4.70 Å². The summed E-state index contributed by atoms with van der Waals surface area (Å²) in [6, 6.07) is 15.7. The first-order chi connectivity index (χ1) is 11.3. The molecule has 4 nitrogen and oxygen atoms in total. The van der Waals surface area contributed by atoms with E-state index in [1.54, 1.807) is 27.8 Å². The van der Waals surface area contributed by atoms with Gasteiger partial charge in [0, 0.05) is 10.8 Å². The van der Waals surface area contributed by atoms with Crippen LogP contribution in [0.15, 0.2) is 59.1 Å². The molecule has 23 heavy (non-hydrogen) atoms. The van der Waals surface area contributed by atoms with Gasteiger partial charge in [0.1, 0.15) is 0 Å². The summed E-state index contributed by atoms with van der Waals surface area (Å²) in [6.45, 7) is 0. The molecule has 2 aromatic heterocycles. The Morgan fingerprint density at radius 3 is 2.91 bits per heavy atom. The Bertz CT molecular complexity index is 930. The van der Waals surface area contributed by atoms with Crippen molar-refractivity contribution >= 4 is 44.9 Å². The third-order valence-corrected chi connectivity index (χ3v) is 5.68. The Morgan fingerprint density at radius 2 is 2.04 bits per heavy atom. The van der Waals surface area contributed by atoms with Gasteiger partial charge in [0.25, 0.3) is 0 Å². The number of benzene rings is 2. The summed E-state index contributed by atoms with van der Waals surface area (Å²) in [6.07, 6.45) is 1.92. The highest BCUT2D eigenvalue weighted by atomic mass is 35.5. The largest absolute Gasteiger partial charge is 0.230 e. The second-order valence-corrected chi connectivity index (χ2v) is 7.56. The third-order valence-electron chi connectivity index (χ3n) is 3.23. The zero-order valence-corrected chi connectivity index (χ0v) is 14.3. The molecule has 0 fully saturated rings. The Hall–Kier alpha value is -1.89. The lowest BCUT2D eigenvalue weighted by molar-refractivity contribution is 0.800. The summed E-state index contributed by atoms with van der Waals surface area (Å²) in [5, 5.41) is 9.06. The van der Waals surface area contributed by atoms with Gasteiger partial charge in [-0.25, -0.2) is 9.67 Å². The fraction of sp³-hybridized carbons (Fsp3) is 0.0625. The first-order valence-corrected chi connectivity index (χ1v) is 9.11.